The topological polar surface area (TPSA) is 19.4 Å². The Labute approximate surface area is 132 Å². The summed E-state index contributed by atoms with van der Waals surface area (Å²) in [5.41, 5.74) is 0.632. The molecule has 2 aliphatic rings. The van der Waals surface area contributed by atoms with Gasteiger partial charge in [-0.25, -0.2) is 4.98 Å². The average molecular weight is 319 g/mol. The van der Waals surface area contributed by atoms with E-state index in [0.29, 0.717) is 11.9 Å². The van der Waals surface area contributed by atoms with Crippen molar-refractivity contribution in [2.75, 3.05) is 18.0 Å². The Bertz CT molecular complexity index is 702. The number of halogens is 3. The predicted octanol–water partition coefficient (Wildman–Crippen LogP) is 3.17. The molecule has 3 heterocycles. The van der Waals surface area contributed by atoms with Crippen molar-refractivity contribution in [1.82, 2.24) is 9.88 Å². The Morgan fingerprint density at radius 3 is 2.48 bits per heavy atom. The largest absolute Gasteiger partial charge is 0.416 e. The molecule has 2 aliphatic heterocycles. The van der Waals surface area contributed by atoms with Gasteiger partial charge in [-0.05, 0) is 17.7 Å². The number of hydrogen-bond donors (Lipinski definition) is 0. The van der Waals surface area contributed by atoms with E-state index in [1.54, 1.807) is 0 Å². The third-order valence-corrected chi connectivity index (χ3v) is 4.71. The fraction of sp³-hybridized carbons (Fsp3) is 0.353. The summed E-state index contributed by atoms with van der Waals surface area (Å²) in [4.78, 5) is 8.45. The Balaban J connectivity index is 1.41. The van der Waals surface area contributed by atoms with Crippen LogP contribution in [0.1, 0.15) is 11.1 Å². The second-order valence-electron chi connectivity index (χ2n) is 6.10. The van der Waals surface area contributed by atoms with Gasteiger partial charge in [0, 0.05) is 31.9 Å². The normalized spacial score (nSPS) is 23.9. The number of fused-ring (bicyclic) bond motifs is 1. The van der Waals surface area contributed by atoms with Gasteiger partial charge >= 0.3 is 6.18 Å². The van der Waals surface area contributed by atoms with Gasteiger partial charge in [0.15, 0.2) is 0 Å². The number of alkyl halides is 3. The molecule has 1 aromatic heterocycles. The molecule has 23 heavy (non-hydrogen) atoms. The summed E-state index contributed by atoms with van der Waals surface area (Å²) in [6.07, 6.45) is -3.08. The van der Waals surface area contributed by atoms with Crippen molar-refractivity contribution >= 4 is 5.82 Å². The van der Waals surface area contributed by atoms with Crippen LogP contribution in [0.5, 0.6) is 0 Å². The molecule has 1 unspecified atom stereocenters. The lowest BCUT2D eigenvalue weighted by molar-refractivity contribution is -0.137. The molecule has 2 saturated heterocycles. The van der Waals surface area contributed by atoms with Crippen molar-refractivity contribution in [1.29, 1.82) is 0 Å². The van der Waals surface area contributed by atoms with E-state index in [1.165, 1.54) is 11.8 Å². The van der Waals surface area contributed by atoms with Crippen LogP contribution in [0.25, 0.3) is 0 Å². The molecular formula is C17H16F3N3. The summed E-state index contributed by atoms with van der Waals surface area (Å²) < 4.78 is 38.4. The van der Waals surface area contributed by atoms with Crippen molar-refractivity contribution in [3.63, 3.8) is 0 Å². The molecule has 0 bridgehead atoms. The first-order valence-electron chi connectivity index (χ1n) is 7.60. The van der Waals surface area contributed by atoms with Crippen LogP contribution in [0, 0.1) is 0 Å². The molecule has 2 fully saturated rings. The number of anilines is 1. The zero-order valence-corrected chi connectivity index (χ0v) is 12.4. The summed E-state index contributed by atoms with van der Waals surface area (Å²) in [5, 5.41) is 0. The molecule has 0 saturated carbocycles. The smallest absolute Gasteiger partial charge is 0.349 e. The maximum absolute atomic E-state index is 12.8. The van der Waals surface area contributed by atoms with Crippen LogP contribution in [0.2, 0.25) is 0 Å². The highest BCUT2D eigenvalue weighted by Gasteiger charge is 2.51. The highest BCUT2D eigenvalue weighted by molar-refractivity contribution is 5.49. The average Bonchev–Trinajstić information content (AvgIpc) is 2.52. The first-order valence-corrected chi connectivity index (χ1v) is 7.60. The predicted molar refractivity (Wildman–Crippen MR) is 81.0 cm³/mol. The second-order valence-corrected chi connectivity index (χ2v) is 6.10. The van der Waals surface area contributed by atoms with Gasteiger partial charge < -0.3 is 4.90 Å². The van der Waals surface area contributed by atoms with Gasteiger partial charge in [-0.1, -0.05) is 30.3 Å². The summed E-state index contributed by atoms with van der Waals surface area (Å²) in [6.45, 7) is 2.51. The molecule has 0 spiro atoms. The zero-order chi connectivity index (χ0) is 16.0. The maximum Gasteiger partial charge on any atom is 0.416 e. The van der Waals surface area contributed by atoms with E-state index >= 15 is 0 Å². The fourth-order valence-corrected chi connectivity index (χ4v) is 3.36. The van der Waals surface area contributed by atoms with Gasteiger partial charge in [-0.3, -0.25) is 4.90 Å². The monoisotopic (exact) mass is 319 g/mol. The molecule has 120 valence electrons. The van der Waals surface area contributed by atoms with E-state index in [0.717, 1.165) is 31.8 Å². The first-order chi connectivity index (χ1) is 11.0. The van der Waals surface area contributed by atoms with Crippen LogP contribution < -0.4 is 4.90 Å². The van der Waals surface area contributed by atoms with Crippen LogP contribution in [0.4, 0.5) is 19.0 Å². The highest BCUT2D eigenvalue weighted by atomic mass is 19.4. The van der Waals surface area contributed by atoms with Crippen molar-refractivity contribution in [2.24, 2.45) is 0 Å². The number of pyridine rings is 1. The Kier molecular flexibility index (Phi) is 3.30. The van der Waals surface area contributed by atoms with Crippen molar-refractivity contribution in [3.05, 3.63) is 59.8 Å². The summed E-state index contributed by atoms with van der Waals surface area (Å²) >= 11 is 0. The lowest BCUT2D eigenvalue weighted by Gasteiger charge is -2.62. The fourth-order valence-electron chi connectivity index (χ4n) is 3.36. The number of aromatic nitrogens is 1. The molecule has 0 amide bonds. The Hall–Kier alpha value is -2.08. The minimum atomic E-state index is -4.32. The number of nitrogens with zero attached hydrogens (tertiary/aromatic N) is 3. The van der Waals surface area contributed by atoms with E-state index in [1.807, 2.05) is 23.1 Å². The van der Waals surface area contributed by atoms with Gasteiger partial charge in [0.25, 0.3) is 0 Å². The minimum Gasteiger partial charge on any atom is -0.349 e. The lowest BCUT2D eigenvalue weighted by Crippen LogP contribution is -2.78. The zero-order valence-electron chi connectivity index (χ0n) is 12.4. The standard InChI is InChI=1S/C17H16F3N3/c18-17(19,20)13-6-7-21-16(8-13)23-11-14-15(23)10-22(14)9-12-4-2-1-3-5-12/h1-8,14-15H,9-11H2/t14-,15?/m0/s1. The summed E-state index contributed by atoms with van der Waals surface area (Å²) in [6, 6.07) is 13.1. The lowest BCUT2D eigenvalue weighted by atomic mass is 9.85. The first kappa shape index (κ1) is 14.5. The molecule has 0 radical (unpaired) electrons. The van der Waals surface area contributed by atoms with Crippen molar-refractivity contribution in [3.8, 4) is 0 Å². The van der Waals surface area contributed by atoms with Gasteiger partial charge in [-0.2, -0.15) is 13.2 Å². The molecule has 2 aromatic rings. The van der Waals surface area contributed by atoms with Crippen molar-refractivity contribution < 1.29 is 13.2 Å². The highest BCUT2D eigenvalue weighted by Crippen LogP contribution is 2.39. The van der Waals surface area contributed by atoms with E-state index in [2.05, 4.69) is 22.0 Å². The number of likely N-dealkylation sites (tertiary alicyclic amines) is 1. The molecule has 2 atom stereocenters. The van der Waals surface area contributed by atoms with E-state index in [-0.39, 0.29) is 6.04 Å². The molecule has 0 aliphatic carbocycles. The molecule has 6 heteroatoms. The number of hydrogen-bond acceptors (Lipinski definition) is 3. The molecule has 1 aromatic carbocycles. The van der Waals surface area contributed by atoms with Crippen LogP contribution in [0.3, 0.4) is 0 Å². The van der Waals surface area contributed by atoms with E-state index in [4.69, 9.17) is 0 Å². The third kappa shape index (κ3) is 2.57. The Morgan fingerprint density at radius 1 is 1.04 bits per heavy atom. The SMILES string of the molecule is FC(F)(F)c1ccnc(N2C[C@H]3C2CN3Cc2ccccc2)c1. The van der Waals surface area contributed by atoms with Gasteiger partial charge in [-0.15, -0.1) is 0 Å². The molecular weight excluding hydrogens is 303 g/mol. The minimum absolute atomic E-state index is 0.287. The number of rotatable bonds is 3. The van der Waals surface area contributed by atoms with Gasteiger partial charge in [0.05, 0.1) is 11.6 Å². The van der Waals surface area contributed by atoms with Crippen LogP contribution in [0.15, 0.2) is 48.7 Å². The summed E-state index contributed by atoms with van der Waals surface area (Å²) in [7, 11) is 0. The molecule has 4 rings (SSSR count). The number of piperazine rings is 1. The van der Waals surface area contributed by atoms with Crippen molar-refractivity contribution in [2.45, 2.75) is 24.8 Å². The van der Waals surface area contributed by atoms with Crippen LogP contribution in [-0.2, 0) is 12.7 Å². The second kappa shape index (κ2) is 5.23. The van der Waals surface area contributed by atoms with E-state index < -0.39 is 11.7 Å². The van der Waals surface area contributed by atoms with Gasteiger partial charge in [0.2, 0.25) is 0 Å². The maximum atomic E-state index is 12.8. The Morgan fingerprint density at radius 2 is 1.83 bits per heavy atom. The number of benzene rings is 1. The van der Waals surface area contributed by atoms with Crippen LogP contribution >= 0.6 is 0 Å². The molecule has 0 N–H and O–H groups in total. The summed E-state index contributed by atoms with van der Waals surface area (Å²) in [5.74, 6) is 0.431. The van der Waals surface area contributed by atoms with Gasteiger partial charge in [0.1, 0.15) is 5.82 Å². The molecule has 3 nitrogen and oxygen atoms in total. The third-order valence-electron chi connectivity index (χ3n) is 4.71. The quantitative estimate of drug-likeness (QED) is 0.866. The van der Waals surface area contributed by atoms with E-state index in [9.17, 15) is 13.2 Å². The van der Waals surface area contributed by atoms with Crippen LogP contribution in [-0.4, -0.2) is 35.1 Å².